The minimum Gasteiger partial charge on any atom is -0.271 e. The Hall–Kier alpha value is -1.27. The van der Waals surface area contributed by atoms with Gasteiger partial charge in [0.25, 0.3) is 0 Å². The highest BCUT2D eigenvalue weighted by Crippen LogP contribution is 2.24. The number of hydrogen-bond donors (Lipinski definition) is 1. The molecule has 0 amide bonds. The van der Waals surface area contributed by atoms with Gasteiger partial charge in [0, 0.05) is 15.8 Å². The molecule has 23 heavy (non-hydrogen) atoms. The van der Waals surface area contributed by atoms with Gasteiger partial charge in [-0.3, -0.25) is 9.67 Å². The van der Waals surface area contributed by atoms with Crippen LogP contribution in [0.25, 0.3) is 5.69 Å². The molecular weight excluding hydrogens is 369 g/mol. The van der Waals surface area contributed by atoms with Crippen molar-refractivity contribution in [3.8, 4) is 5.69 Å². The quantitative estimate of drug-likeness (QED) is 0.577. The Morgan fingerprint density at radius 3 is 2.43 bits per heavy atom. The van der Waals surface area contributed by atoms with Gasteiger partial charge in [0.05, 0.1) is 11.4 Å². The van der Waals surface area contributed by atoms with E-state index in [0.717, 1.165) is 23.0 Å². The molecule has 3 nitrogen and oxygen atoms in total. The first-order valence-corrected chi connectivity index (χ1v) is 9.20. The van der Waals surface area contributed by atoms with Crippen molar-refractivity contribution in [2.75, 3.05) is 0 Å². The first-order valence-electron chi connectivity index (χ1n) is 6.88. The number of aromatic nitrogens is 3. The summed E-state index contributed by atoms with van der Waals surface area (Å²) < 4.78 is 2.39. The number of halogens is 2. The third-order valence-electron chi connectivity index (χ3n) is 3.19. The van der Waals surface area contributed by atoms with Crippen LogP contribution in [0.3, 0.4) is 0 Å². The highest BCUT2D eigenvalue weighted by molar-refractivity contribution is 7.97. The highest BCUT2D eigenvalue weighted by Gasteiger charge is 2.10. The van der Waals surface area contributed by atoms with E-state index >= 15 is 0 Å². The normalized spacial score (nSPS) is 10.9. The van der Waals surface area contributed by atoms with Crippen molar-refractivity contribution in [1.82, 2.24) is 14.8 Å². The third kappa shape index (κ3) is 4.18. The molecule has 1 heterocycles. The van der Waals surface area contributed by atoms with Gasteiger partial charge < -0.3 is 0 Å². The molecule has 0 bridgehead atoms. The summed E-state index contributed by atoms with van der Waals surface area (Å²) in [7, 11) is 0. The molecule has 0 saturated heterocycles. The lowest BCUT2D eigenvalue weighted by Crippen LogP contribution is -2.00. The molecule has 0 aliphatic carbocycles. The fraction of sp³-hybridized carbons (Fsp3) is 0.125. The highest BCUT2D eigenvalue weighted by atomic mass is 35.5. The molecule has 0 aliphatic heterocycles. The molecule has 0 unspecified atom stereocenters. The van der Waals surface area contributed by atoms with Gasteiger partial charge in [0.15, 0.2) is 4.77 Å². The van der Waals surface area contributed by atoms with Crippen LogP contribution >= 0.6 is 47.2 Å². The van der Waals surface area contributed by atoms with E-state index in [1.165, 1.54) is 5.56 Å². The van der Waals surface area contributed by atoms with Crippen LogP contribution in [0.5, 0.6) is 0 Å². The average Bonchev–Trinajstić information content (AvgIpc) is 2.88. The summed E-state index contributed by atoms with van der Waals surface area (Å²) in [6.45, 7) is 0. The number of rotatable bonds is 5. The number of hydrogen-bond acceptors (Lipinski definition) is 3. The molecule has 3 aromatic rings. The van der Waals surface area contributed by atoms with Crippen molar-refractivity contribution in [2.24, 2.45) is 0 Å². The number of benzene rings is 2. The average molecular weight is 382 g/mol. The van der Waals surface area contributed by atoms with Gasteiger partial charge >= 0.3 is 0 Å². The van der Waals surface area contributed by atoms with Gasteiger partial charge in [-0.25, -0.2) is 0 Å². The topological polar surface area (TPSA) is 33.6 Å². The summed E-state index contributed by atoms with van der Waals surface area (Å²) in [6.07, 6.45) is 0. The lowest BCUT2D eigenvalue weighted by Gasteiger charge is -2.08. The first-order chi connectivity index (χ1) is 11.1. The summed E-state index contributed by atoms with van der Waals surface area (Å²) in [5.41, 5.74) is 2.10. The zero-order valence-electron chi connectivity index (χ0n) is 12.0. The molecule has 118 valence electrons. The smallest absolute Gasteiger partial charge is 0.199 e. The van der Waals surface area contributed by atoms with E-state index in [1.807, 2.05) is 34.9 Å². The Morgan fingerprint density at radius 1 is 1.04 bits per heavy atom. The predicted octanol–water partition coefficient (Wildman–Crippen LogP) is 5.67. The fourth-order valence-electron chi connectivity index (χ4n) is 2.20. The SMILES string of the molecule is S=c1[nH]nc(CSCc2ccccc2)n1-c1cc(Cl)cc(Cl)c1. The summed E-state index contributed by atoms with van der Waals surface area (Å²) in [5.74, 6) is 2.48. The van der Waals surface area contributed by atoms with E-state index in [9.17, 15) is 0 Å². The summed E-state index contributed by atoms with van der Waals surface area (Å²) in [4.78, 5) is 0. The largest absolute Gasteiger partial charge is 0.271 e. The number of H-pyrrole nitrogens is 1. The second-order valence-electron chi connectivity index (χ2n) is 4.89. The van der Waals surface area contributed by atoms with Crippen LogP contribution < -0.4 is 0 Å². The summed E-state index contributed by atoms with van der Waals surface area (Å²) >= 11 is 19.3. The van der Waals surface area contributed by atoms with E-state index in [4.69, 9.17) is 35.4 Å². The maximum Gasteiger partial charge on any atom is 0.199 e. The molecule has 0 atom stereocenters. The third-order valence-corrected chi connectivity index (χ3v) is 4.90. The Labute approximate surface area is 153 Å². The zero-order chi connectivity index (χ0) is 16.2. The van der Waals surface area contributed by atoms with Gasteiger partial charge in [0.1, 0.15) is 5.82 Å². The van der Waals surface area contributed by atoms with E-state index in [1.54, 1.807) is 17.8 Å². The molecule has 1 N–H and O–H groups in total. The van der Waals surface area contributed by atoms with Gasteiger partial charge in [-0.15, -0.1) is 11.8 Å². The zero-order valence-corrected chi connectivity index (χ0v) is 15.1. The number of nitrogens with zero attached hydrogens (tertiary/aromatic N) is 2. The maximum atomic E-state index is 6.09. The standard InChI is InChI=1S/C16H13Cl2N3S2/c17-12-6-13(18)8-14(7-12)21-15(19-20-16(21)22)10-23-9-11-4-2-1-3-5-11/h1-8H,9-10H2,(H,20,22). The second kappa shape index (κ2) is 7.53. The molecule has 0 aliphatic rings. The lowest BCUT2D eigenvalue weighted by atomic mass is 10.2. The molecule has 0 spiro atoms. The Bertz CT molecular complexity index is 839. The molecule has 1 aromatic heterocycles. The maximum absolute atomic E-state index is 6.09. The van der Waals surface area contributed by atoms with Crippen molar-refractivity contribution in [3.05, 3.63) is 74.7 Å². The van der Waals surface area contributed by atoms with E-state index in [2.05, 4.69) is 22.3 Å². The Morgan fingerprint density at radius 2 is 1.74 bits per heavy atom. The van der Waals surface area contributed by atoms with Crippen molar-refractivity contribution < 1.29 is 0 Å². The molecule has 0 fully saturated rings. The molecule has 0 radical (unpaired) electrons. The van der Waals surface area contributed by atoms with Gasteiger partial charge in [0.2, 0.25) is 0 Å². The molecule has 7 heteroatoms. The van der Waals surface area contributed by atoms with Gasteiger partial charge in [-0.1, -0.05) is 53.5 Å². The minimum atomic E-state index is 0.527. The van der Waals surface area contributed by atoms with Crippen LogP contribution in [0.2, 0.25) is 10.0 Å². The Kier molecular flexibility index (Phi) is 5.43. The molecule has 2 aromatic carbocycles. The van der Waals surface area contributed by atoms with E-state index in [-0.39, 0.29) is 0 Å². The van der Waals surface area contributed by atoms with Crippen LogP contribution in [0, 0.1) is 4.77 Å². The molecular formula is C16H13Cl2N3S2. The van der Waals surface area contributed by atoms with Crippen molar-refractivity contribution in [1.29, 1.82) is 0 Å². The van der Waals surface area contributed by atoms with Crippen molar-refractivity contribution >= 4 is 47.2 Å². The van der Waals surface area contributed by atoms with E-state index in [0.29, 0.717) is 14.8 Å². The lowest BCUT2D eigenvalue weighted by molar-refractivity contribution is 0.949. The van der Waals surface area contributed by atoms with Gasteiger partial charge in [-0.05, 0) is 36.0 Å². The number of thioether (sulfide) groups is 1. The van der Waals surface area contributed by atoms with Crippen LogP contribution in [-0.2, 0) is 11.5 Å². The summed E-state index contributed by atoms with van der Waals surface area (Å²) in [6, 6.07) is 15.7. The predicted molar refractivity (Wildman–Crippen MR) is 100 cm³/mol. The van der Waals surface area contributed by atoms with Crippen LogP contribution in [0.15, 0.2) is 48.5 Å². The number of nitrogens with one attached hydrogen (secondary N) is 1. The monoisotopic (exact) mass is 381 g/mol. The summed E-state index contributed by atoms with van der Waals surface area (Å²) in [5, 5.41) is 8.30. The first kappa shape index (κ1) is 16.6. The Balaban J connectivity index is 1.80. The molecule has 0 saturated carbocycles. The van der Waals surface area contributed by atoms with E-state index < -0.39 is 0 Å². The molecule has 3 rings (SSSR count). The number of aromatic amines is 1. The minimum absolute atomic E-state index is 0.527. The van der Waals surface area contributed by atoms with Crippen molar-refractivity contribution in [2.45, 2.75) is 11.5 Å². The van der Waals surface area contributed by atoms with Gasteiger partial charge in [-0.2, -0.15) is 5.10 Å². The van der Waals surface area contributed by atoms with Crippen LogP contribution in [0.4, 0.5) is 0 Å². The van der Waals surface area contributed by atoms with Crippen LogP contribution in [-0.4, -0.2) is 14.8 Å². The second-order valence-corrected chi connectivity index (χ2v) is 7.13. The fourth-order valence-corrected chi connectivity index (χ4v) is 3.87. The van der Waals surface area contributed by atoms with Crippen LogP contribution in [0.1, 0.15) is 11.4 Å². The van der Waals surface area contributed by atoms with Crippen molar-refractivity contribution in [3.63, 3.8) is 0 Å².